The summed E-state index contributed by atoms with van der Waals surface area (Å²) < 4.78 is 5.18. The number of rotatable bonds is 2. The molecule has 4 heteroatoms. The fourth-order valence-corrected chi connectivity index (χ4v) is 2.06. The molecule has 1 aromatic rings. The van der Waals surface area contributed by atoms with Crippen molar-refractivity contribution in [1.29, 1.82) is 0 Å². The van der Waals surface area contributed by atoms with Crippen molar-refractivity contribution in [2.45, 2.75) is 31.3 Å². The number of carboxylic acids is 1. The summed E-state index contributed by atoms with van der Waals surface area (Å²) in [6.45, 7) is 0. The standard InChI is InChI=1S/C10H12O4/c11-9(12)6-10(13)4-1-2-8-7(10)3-5-14-8/h3,5,13H,1-2,4,6H2,(H,11,12). The van der Waals surface area contributed by atoms with Crippen molar-refractivity contribution in [3.05, 3.63) is 23.7 Å². The van der Waals surface area contributed by atoms with Crippen molar-refractivity contribution < 1.29 is 19.4 Å². The largest absolute Gasteiger partial charge is 0.481 e. The second-order valence-electron chi connectivity index (χ2n) is 3.71. The zero-order valence-electron chi connectivity index (χ0n) is 7.69. The van der Waals surface area contributed by atoms with Gasteiger partial charge in [-0.05, 0) is 18.9 Å². The number of carboxylic acid groups (broad SMARTS) is 1. The van der Waals surface area contributed by atoms with Gasteiger partial charge in [0.2, 0.25) is 0 Å². The summed E-state index contributed by atoms with van der Waals surface area (Å²) in [5.74, 6) is -0.262. The van der Waals surface area contributed by atoms with Gasteiger partial charge in [-0.15, -0.1) is 0 Å². The zero-order chi connectivity index (χ0) is 10.2. The first-order chi connectivity index (χ1) is 6.62. The van der Waals surface area contributed by atoms with Crippen molar-refractivity contribution >= 4 is 5.97 Å². The van der Waals surface area contributed by atoms with Gasteiger partial charge in [0.1, 0.15) is 11.4 Å². The quantitative estimate of drug-likeness (QED) is 0.747. The fraction of sp³-hybridized carbons (Fsp3) is 0.500. The minimum absolute atomic E-state index is 0.250. The smallest absolute Gasteiger partial charge is 0.306 e. The number of hydrogen-bond donors (Lipinski definition) is 2. The molecular formula is C10H12O4. The molecule has 2 rings (SSSR count). The summed E-state index contributed by atoms with van der Waals surface area (Å²) in [5, 5.41) is 18.8. The third-order valence-corrected chi connectivity index (χ3v) is 2.68. The van der Waals surface area contributed by atoms with Gasteiger partial charge in [0, 0.05) is 12.0 Å². The molecule has 1 aliphatic carbocycles. The van der Waals surface area contributed by atoms with Crippen LogP contribution in [0.5, 0.6) is 0 Å². The zero-order valence-corrected chi connectivity index (χ0v) is 7.69. The van der Waals surface area contributed by atoms with E-state index in [-0.39, 0.29) is 6.42 Å². The average Bonchev–Trinajstić information content (AvgIpc) is 2.51. The topological polar surface area (TPSA) is 70.7 Å². The molecule has 0 saturated carbocycles. The lowest BCUT2D eigenvalue weighted by atomic mass is 9.81. The number of aliphatic hydroxyl groups is 1. The molecule has 0 spiro atoms. The van der Waals surface area contributed by atoms with Gasteiger partial charge in [0.25, 0.3) is 0 Å². The number of aliphatic carboxylic acids is 1. The van der Waals surface area contributed by atoms with Crippen molar-refractivity contribution in [3.63, 3.8) is 0 Å². The SMILES string of the molecule is O=C(O)CC1(O)CCCc2occc21. The van der Waals surface area contributed by atoms with Gasteiger partial charge in [0.15, 0.2) is 0 Å². The van der Waals surface area contributed by atoms with Gasteiger partial charge in [-0.1, -0.05) is 0 Å². The second-order valence-corrected chi connectivity index (χ2v) is 3.71. The summed E-state index contributed by atoms with van der Waals surface area (Å²) in [4.78, 5) is 10.6. The van der Waals surface area contributed by atoms with Crippen LogP contribution in [0.3, 0.4) is 0 Å². The molecule has 1 atom stereocenters. The van der Waals surface area contributed by atoms with Crippen molar-refractivity contribution in [3.8, 4) is 0 Å². The van der Waals surface area contributed by atoms with Crippen LogP contribution in [-0.2, 0) is 16.8 Å². The van der Waals surface area contributed by atoms with Crippen molar-refractivity contribution in [1.82, 2.24) is 0 Å². The maximum absolute atomic E-state index is 10.6. The molecule has 0 bridgehead atoms. The highest BCUT2D eigenvalue weighted by atomic mass is 16.4. The summed E-state index contributed by atoms with van der Waals surface area (Å²) in [7, 11) is 0. The Hall–Kier alpha value is -1.29. The molecule has 4 nitrogen and oxygen atoms in total. The Kier molecular flexibility index (Phi) is 2.07. The molecule has 0 amide bonds. The van der Waals surface area contributed by atoms with Gasteiger partial charge in [-0.25, -0.2) is 0 Å². The Morgan fingerprint density at radius 2 is 2.43 bits per heavy atom. The van der Waals surface area contributed by atoms with Crippen LogP contribution in [0.4, 0.5) is 0 Å². The van der Waals surface area contributed by atoms with Crippen LogP contribution in [0.2, 0.25) is 0 Å². The second kappa shape index (κ2) is 3.13. The van der Waals surface area contributed by atoms with Crippen LogP contribution in [0, 0.1) is 0 Å². The first kappa shape index (κ1) is 9.27. The Morgan fingerprint density at radius 1 is 1.64 bits per heavy atom. The molecule has 76 valence electrons. The van der Waals surface area contributed by atoms with Crippen LogP contribution < -0.4 is 0 Å². The predicted molar refractivity (Wildman–Crippen MR) is 47.8 cm³/mol. The molecule has 1 heterocycles. The third-order valence-electron chi connectivity index (χ3n) is 2.68. The lowest BCUT2D eigenvalue weighted by Gasteiger charge is -2.29. The monoisotopic (exact) mass is 196 g/mol. The average molecular weight is 196 g/mol. The molecule has 0 aliphatic heterocycles. The van der Waals surface area contributed by atoms with Crippen LogP contribution in [-0.4, -0.2) is 16.2 Å². The lowest BCUT2D eigenvalue weighted by molar-refractivity contribution is -0.143. The predicted octanol–water partition coefficient (Wildman–Crippen LogP) is 1.28. The van der Waals surface area contributed by atoms with Gasteiger partial charge in [-0.3, -0.25) is 4.79 Å². The molecule has 0 aromatic carbocycles. The van der Waals surface area contributed by atoms with E-state index in [9.17, 15) is 9.90 Å². The first-order valence-corrected chi connectivity index (χ1v) is 4.63. The Bertz CT molecular complexity index is 355. The van der Waals surface area contributed by atoms with E-state index >= 15 is 0 Å². The first-order valence-electron chi connectivity index (χ1n) is 4.63. The van der Waals surface area contributed by atoms with Crippen LogP contribution in [0.25, 0.3) is 0 Å². The Morgan fingerprint density at radius 3 is 3.14 bits per heavy atom. The van der Waals surface area contributed by atoms with E-state index in [4.69, 9.17) is 9.52 Å². The van der Waals surface area contributed by atoms with E-state index in [2.05, 4.69) is 0 Å². The minimum atomic E-state index is -1.23. The van der Waals surface area contributed by atoms with E-state index in [0.717, 1.165) is 18.6 Å². The fourth-order valence-electron chi connectivity index (χ4n) is 2.06. The highest BCUT2D eigenvalue weighted by molar-refractivity contribution is 5.68. The molecule has 1 aliphatic rings. The van der Waals surface area contributed by atoms with Gasteiger partial charge in [0.05, 0.1) is 12.7 Å². The maximum Gasteiger partial charge on any atom is 0.306 e. The normalized spacial score (nSPS) is 25.8. The lowest BCUT2D eigenvalue weighted by Crippen LogP contribution is -2.32. The number of aryl methyl sites for hydroxylation is 1. The van der Waals surface area contributed by atoms with E-state index in [1.54, 1.807) is 6.07 Å². The molecule has 0 saturated heterocycles. The minimum Gasteiger partial charge on any atom is -0.481 e. The molecule has 0 fully saturated rings. The van der Waals surface area contributed by atoms with Crippen LogP contribution in [0.15, 0.2) is 16.7 Å². The summed E-state index contributed by atoms with van der Waals surface area (Å²) >= 11 is 0. The molecule has 2 N–H and O–H groups in total. The van der Waals surface area contributed by atoms with Gasteiger partial charge in [-0.2, -0.15) is 0 Å². The molecular weight excluding hydrogens is 184 g/mol. The molecule has 14 heavy (non-hydrogen) atoms. The van der Waals surface area contributed by atoms with Crippen molar-refractivity contribution in [2.24, 2.45) is 0 Å². The van der Waals surface area contributed by atoms with Gasteiger partial charge < -0.3 is 14.6 Å². The highest BCUT2D eigenvalue weighted by Gasteiger charge is 2.38. The van der Waals surface area contributed by atoms with Gasteiger partial charge >= 0.3 is 5.97 Å². The van der Waals surface area contributed by atoms with E-state index in [0.29, 0.717) is 12.0 Å². The maximum atomic E-state index is 10.6. The van der Waals surface area contributed by atoms with E-state index < -0.39 is 11.6 Å². The highest BCUT2D eigenvalue weighted by Crippen LogP contribution is 2.38. The summed E-state index contributed by atoms with van der Waals surface area (Å²) in [5.41, 5.74) is -0.585. The molecule has 1 unspecified atom stereocenters. The number of hydrogen-bond acceptors (Lipinski definition) is 3. The molecule has 0 radical (unpaired) electrons. The number of carbonyl (C=O) groups is 1. The third kappa shape index (κ3) is 1.42. The Labute approximate surface area is 81.2 Å². The molecule has 1 aromatic heterocycles. The van der Waals surface area contributed by atoms with E-state index in [1.165, 1.54) is 6.26 Å². The summed E-state index contributed by atoms with van der Waals surface area (Å²) in [6.07, 6.45) is 3.29. The number of fused-ring (bicyclic) bond motifs is 1. The Balaban J connectivity index is 2.34. The number of furan rings is 1. The summed E-state index contributed by atoms with van der Waals surface area (Å²) in [6, 6.07) is 1.66. The van der Waals surface area contributed by atoms with E-state index in [1.807, 2.05) is 0 Å². The van der Waals surface area contributed by atoms with Crippen LogP contribution in [0.1, 0.15) is 30.6 Å². The van der Waals surface area contributed by atoms with Crippen LogP contribution >= 0.6 is 0 Å². The van der Waals surface area contributed by atoms with Crippen molar-refractivity contribution in [2.75, 3.05) is 0 Å².